The van der Waals surface area contributed by atoms with Crippen LogP contribution in [0, 0.1) is 0 Å². The highest BCUT2D eigenvalue weighted by Crippen LogP contribution is 2.12. The van der Waals surface area contributed by atoms with Gasteiger partial charge in [0.25, 0.3) is 0 Å². The lowest BCUT2D eigenvalue weighted by Crippen LogP contribution is -1.81. The normalized spacial score (nSPS) is 11.4. The monoisotopic (exact) mass is 252 g/mol. The first kappa shape index (κ1) is 17.7. The van der Waals surface area contributed by atoms with Crippen molar-refractivity contribution in [2.75, 3.05) is 0 Å². The molecule has 0 unspecified atom stereocenters. The Balaban J connectivity index is 2.94. The van der Waals surface area contributed by atoms with Gasteiger partial charge in [0.1, 0.15) is 0 Å². The molecule has 0 radical (unpaired) electrons. The average Bonchev–Trinajstić information content (AvgIpc) is 2.39. The van der Waals surface area contributed by atoms with Crippen LogP contribution in [0.4, 0.5) is 0 Å². The Morgan fingerprint density at radius 2 is 0.889 bits per heavy atom. The molecule has 0 aliphatic carbocycles. The number of unbranched alkanes of at least 4 members (excludes halogenated alkanes) is 12. The van der Waals surface area contributed by atoms with Crippen molar-refractivity contribution in [2.45, 2.75) is 104 Å². The Morgan fingerprint density at radius 1 is 0.444 bits per heavy atom. The fourth-order valence-corrected chi connectivity index (χ4v) is 2.33. The minimum atomic E-state index is 1.26. The van der Waals surface area contributed by atoms with Gasteiger partial charge < -0.3 is 0 Å². The third-order valence-electron chi connectivity index (χ3n) is 3.60. The largest absolute Gasteiger partial charge is 0.0885 e. The summed E-state index contributed by atoms with van der Waals surface area (Å²) in [7, 11) is 0. The van der Waals surface area contributed by atoms with Gasteiger partial charge in [-0.05, 0) is 19.3 Å². The lowest BCUT2D eigenvalue weighted by Gasteiger charge is -2.01. The molecular formula is C18H36. The van der Waals surface area contributed by atoms with Crippen LogP contribution in [0.1, 0.15) is 104 Å². The van der Waals surface area contributed by atoms with Gasteiger partial charge in [0.05, 0.1) is 0 Å². The minimum absolute atomic E-state index is 1.26. The molecule has 0 aromatic rings. The van der Waals surface area contributed by atoms with E-state index in [4.69, 9.17) is 0 Å². The number of rotatable bonds is 14. The first-order valence-corrected chi connectivity index (χ1v) is 8.56. The van der Waals surface area contributed by atoms with Gasteiger partial charge in [-0.2, -0.15) is 0 Å². The highest BCUT2D eigenvalue weighted by Gasteiger charge is 1.92. The third kappa shape index (κ3) is 15.7. The zero-order valence-electron chi connectivity index (χ0n) is 13.1. The predicted octanol–water partition coefficient (Wildman–Crippen LogP) is 7.04. The van der Waals surface area contributed by atoms with E-state index in [9.17, 15) is 0 Å². The molecule has 0 amide bonds. The molecule has 18 heavy (non-hydrogen) atoms. The summed E-state index contributed by atoms with van der Waals surface area (Å²) in [5.74, 6) is 0. The van der Waals surface area contributed by atoms with Crippen molar-refractivity contribution in [2.24, 2.45) is 0 Å². The van der Waals surface area contributed by atoms with E-state index in [1.165, 1.54) is 89.9 Å². The van der Waals surface area contributed by atoms with E-state index in [2.05, 4.69) is 26.0 Å². The molecule has 0 nitrogen and oxygen atoms in total. The van der Waals surface area contributed by atoms with E-state index < -0.39 is 0 Å². The lowest BCUT2D eigenvalue weighted by molar-refractivity contribution is 0.550. The van der Waals surface area contributed by atoms with E-state index in [0.29, 0.717) is 0 Å². The van der Waals surface area contributed by atoms with Gasteiger partial charge in [-0.3, -0.25) is 0 Å². The smallest absolute Gasteiger partial charge is 0.0351 e. The number of allylic oxidation sites excluding steroid dienone is 2. The van der Waals surface area contributed by atoms with Crippen LogP contribution in [0.3, 0.4) is 0 Å². The van der Waals surface area contributed by atoms with Gasteiger partial charge in [-0.1, -0.05) is 96.6 Å². The van der Waals surface area contributed by atoms with Crippen LogP contribution >= 0.6 is 0 Å². The van der Waals surface area contributed by atoms with Gasteiger partial charge in [-0.25, -0.2) is 0 Å². The van der Waals surface area contributed by atoms with Crippen molar-refractivity contribution in [3.8, 4) is 0 Å². The van der Waals surface area contributed by atoms with Crippen LogP contribution in [-0.4, -0.2) is 0 Å². The molecule has 0 aliphatic rings. The van der Waals surface area contributed by atoms with E-state index >= 15 is 0 Å². The van der Waals surface area contributed by atoms with Crippen molar-refractivity contribution >= 4 is 0 Å². The Bertz CT molecular complexity index is 157. The maximum atomic E-state index is 2.37. The highest BCUT2D eigenvalue weighted by atomic mass is 14.0. The van der Waals surface area contributed by atoms with Crippen LogP contribution in [-0.2, 0) is 0 Å². The molecule has 0 spiro atoms. The molecule has 0 bridgehead atoms. The zero-order chi connectivity index (χ0) is 13.3. The molecule has 0 aliphatic heterocycles. The second-order valence-electron chi connectivity index (χ2n) is 5.58. The van der Waals surface area contributed by atoms with E-state index in [1.54, 1.807) is 0 Å². The third-order valence-corrected chi connectivity index (χ3v) is 3.60. The molecule has 0 rings (SSSR count). The molecule has 0 N–H and O–H groups in total. The molecule has 0 atom stereocenters. The van der Waals surface area contributed by atoms with E-state index in [1.807, 2.05) is 0 Å². The Labute approximate surface area is 116 Å². The summed E-state index contributed by atoms with van der Waals surface area (Å²) in [6, 6.07) is 0. The van der Waals surface area contributed by atoms with Crippen molar-refractivity contribution in [3.05, 3.63) is 12.2 Å². The molecule has 0 heterocycles. The Kier molecular flexibility index (Phi) is 16.5. The molecule has 0 saturated carbocycles. The van der Waals surface area contributed by atoms with Gasteiger partial charge in [-0.15, -0.1) is 0 Å². The predicted molar refractivity (Wildman–Crippen MR) is 85.1 cm³/mol. The van der Waals surface area contributed by atoms with Crippen LogP contribution < -0.4 is 0 Å². The average molecular weight is 252 g/mol. The lowest BCUT2D eigenvalue weighted by atomic mass is 10.1. The number of hydrogen-bond donors (Lipinski definition) is 0. The van der Waals surface area contributed by atoms with E-state index in [-0.39, 0.29) is 0 Å². The topological polar surface area (TPSA) is 0 Å². The van der Waals surface area contributed by atoms with Crippen LogP contribution in [0.15, 0.2) is 12.2 Å². The fraction of sp³-hybridized carbons (Fsp3) is 0.889. The summed E-state index contributed by atoms with van der Waals surface area (Å²) in [6.45, 7) is 4.53. The first-order valence-electron chi connectivity index (χ1n) is 8.56. The summed E-state index contributed by atoms with van der Waals surface area (Å²) in [4.78, 5) is 0. The summed E-state index contributed by atoms with van der Waals surface area (Å²) in [5, 5.41) is 0. The van der Waals surface area contributed by atoms with Crippen LogP contribution in [0.5, 0.6) is 0 Å². The SMILES string of the molecule is CCCC=CCCCCCCCCCCCCC. The number of hydrogen-bond acceptors (Lipinski definition) is 0. The Hall–Kier alpha value is -0.260. The second-order valence-corrected chi connectivity index (χ2v) is 5.58. The van der Waals surface area contributed by atoms with Crippen LogP contribution in [0.25, 0.3) is 0 Å². The summed E-state index contributed by atoms with van der Waals surface area (Å²) in [6.07, 6.45) is 24.5. The Morgan fingerprint density at radius 3 is 1.39 bits per heavy atom. The molecular weight excluding hydrogens is 216 g/mol. The standard InChI is InChI=1S/C18H36/c1-3-5-7-9-11-13-15-17-18-16-14-12-10-8-6-4-2/h7,9H,3-6,8,10-18H2,1-2H3. The molecule has 0 saturated heterocycles. The van der Waals surface area contributed by atoms with Gasteiger partial charge in [0.2, 0.25) is 0 Å². The fourth-order valence-electron chi connectivity index (χ4n) is 2.33. The van der Waals surface area contributed by atoms with Crippen molar-refractivity contribution in [1.82, 2.24) is 0 Å². The van der Waals surface area contributed by atoms with Crippen LogP contribution in [0.2, 0.25) is 0 Å². The maximum absolute atomic E-state index is 2.37. The van der Waals surface area contributed by atoms with Gasteiger partial charge in [0, 0.05) is 0 Å². The van der Waals surface area contributed by atoms with Gasteiger partial charge >= 0.3 is 0 Å². The molecule has 0 fully saturated rings. The summed E-state index contributed by atoms with van der Waals surface area (Å²) < 4.78 is 0. The molecule has 0 aromatic heterocycles. The second kappa shape index (κ2) is 16.7. The van der Waals surface area contributed by atoms with Crippen molar-refractivity contribution in [3.63, 3.8) is 0 Å². The quantitative estimate of drug-likeness (QED) is 0.230. The maximum Gasteiger partial charge on any atom is -0.0351 e. The molecule has 108 valence electrons. The molecule has 0 heteroatoms. The summed E-state index contributed by atoms with van der Waals surface area (Å²) >= 11 is 0. The zero-order valence-corrected chi connectivity index (χ0v) is 13.1. The molecule has 0 aromatic carbocycles. The van der Waals surface area contributed by atoms with Crippen molar-refractivity contribution in [1.29, 1.82) is 0 Å². The summed E-state index contributed by atoms with van der Waals surface area (Å²) in [5.41, 5.74) is 0. The highest BCUT2D eigenvalue weighted by molar-refractivity contribution is 4.80. The first-order chi connectivity index (χ1) is 8.91. The minimum Gasteiger partial charge on any atom is -0.0885 e. The van der Waals surface area contributed by atoms with Crippen molar-refractivity contribution < 1.29 is 0 Å². The van der Waals surface area contributed by atoms with Gasteiger partial charge in [0.15, 0.2) is 0 Å². The van der Waals surface area contributed by atoms with E-state index in [0.717, 1.165) is 0 Å².